The van der Waals surface area contributed by atoms with Gasteiger partial charge in [0.05, 0.1) is 46.7 Å². The van der Waals surface area contributed by atoms with Crippen LogP contribution in [0, 0.1) is 11.6 Å². The third-order valence-corrected chi connectivity index (χ3v) is 12.4. The molecule has 0 atom stereocenters. The average molecular weight is 1020 g/mol. The lowest BCUT2D eigenvalue weighted by molar-refractivity contribution is 0.217. The van der Waals surface area contributed by atoms with Crippen LogP contribution in [0.1, 0.15) is 0 Å². The van der Waals surface area contributed by atoms with Crippen LogP contribution in [0.5, 0.6) is 34.5 Å². The second kappa shape index (κ2) is 25.5. The summed E-state index contributed by atoms with van der Waals surface area (Å²) in [7, 11) is 3.12. The van der Waals surface area contributed by atoms with Gasteiger partial charge in [0, 0.05) is 97.3 Å². The summed E-state index contributed by atoms with van der Waals surface area (Å²) in [6.07, 6.45) is 2.75. The van der Waals surface area contributed by atoms with Crippen molar-refractivity contribution in [3.63, 3.8) is 0 Å². The first kappa shape index (κ1) is 53.2. The van der Waals surface area contributed by atoms with Crippen LogP contribution in [-0.4, -0.2) is 135 Å². The fourth-order valence-corrected chi connectivity index (χ4v) is 8.87. The van der Waals surface area contributed by atoms with Crippen molar-refractivity contribution < 1.29 is 43.4 Å². The maximum absolute atomic E-state index is 14.3. The molecule has 6 N–H and O–H groups in total. The summed E-state index contributed by atoms with van der Waals surface area (Å²) < 4.78 is 51.5. The number of rotatable bonds is 14. The Bertz CT molecular complexity index is 2350. The SMILES string of the molecule is COc1cc2c(Nc3cc(O)c(Cl)cc3F)ncnc2cc1OCCN1CCSCC1.COc1cc2c(Nc3cc(O)c(Cl)cc3F)ncnc2cc1OCCN1CCSCC1.Cl.Cl.O. The summed E-state index contributed by atoms with van der Waals surface area (Å²) >= 11 is 15.5. The Morgan fingerprint density at radius 3 is 1.35 bits per heavy atom. The molecule has 2 aliphatic heterocycles. The number of halogens is 6. The monoisotopic (exact) mass is 1020 g/mol. The smallest absolute Gasteiger partial charge is 0.163 e. The van der Waals surface area contributed by atoms with E-state index in [9.17, 15) is 19.0 Å². The molecule has 0 aliphatic carbocycles. The molecular formula is C42H48Cl4F2N8O7S2. The van der Waals surface area contributed by atoms with Crippen molar-refractivity contribution in [2.24, 2.45) is 0 Å². The predicted octanol–water partition coefficient (Wildman–Crippen LogP) is 8.63. The fraction of sp³-hybridized carbons (Fsp3) is 0.333. The Balaban J connectivity index is 0.000000272. The number of phenols is 2. The van der Waals surface area contributed by atoms with Crippen LogP contribution in [0.3, 0.4) is 0 Å². The van der Waals surface area contributed by atoms with E-state index in [-0.39, 0.29) is 63.2 Å². The van der Waals surface area contributed by atoms with Crippen molar-refractivity contribution in [2.45, 2.75) is 0 Å². The van der Waals surface area contributed by atoms with Crippen LogP contribution in [0.15, 0.2) is 61.2 Å². The van der Waals surface area contributed by atoms with Gasteiger partial charge < -0.3 is 45.3 Å². The van der Waals surface area contributed by atoms with E-state index in [1.165, 1.54) is 24.8 Å². The maximum Gasteiger partial charge on any atom is 0.163 e. The zero-order valence-corrected chi connectivity index (χ0v) is 39.9. The van der Waals surface area contributed by atoms with Crippen molar-refractivity contribution in [1.82, 2.24) is 29.7 Å². The number of phenolic OH excluding ortho intramolecular Hbond substituents is 2. The molecule has 0 saturated carbocycles. The molecule has 0 radical (unpaired) electrons. The van der Waals surface area contributed by atoms with Gasteiger partial charge in [-0.2, -0.15) is 23.5 Å². The highest BCUT2D eigenvalue weighted by molar-refractivity contribution is 7.99. The Morgan fingerprint density at radius 1 is 0.600 bits per heavy atom. The van der Waals surface area contributed by atoms with E-state index in [4.69, 9.17) is 42.1 Å². The molecule has 0 unspecified atom stereocenters. The molecule has 23 heteroatoms. The minimum atomic E-state index is -0.613. The third-order valence-electron chi connectivity index (χ3n) is 9.96. The molecule has 8 rings (SSSR count). The number of nitrogens with one attached hydrogen (secondary N) is 2. The molecule has 0 spiro atoms. The van der Waals surface area contributed by atoms with Crippen LogP contribution in [0.25, 0.3) is 21.8 Å². The van der Waals surface area contributed by atoms with E-state index in [0.717, 1.165) is 74.4 Å². The van der Waals surface area contributed by atoms with Gasteiger partial charge >= 0.3 is 0 Å². The molecule has 2 saturated heterocycles. The summed E-state index contributed by atoms with van der Waals surface area (Å²) in [6.45, 7) is 7.05. The van der Waals surface area contributed by atoms with Crippen LogP contribution in [0.2, 0.25) is 10.0 Å². The van der Waals surface area contributed by atoms with Gasteiger partial charge in [-0.15, -0.1) is 24.8 Å². The first-order valence-electron chi connectivity index (χ1n) is 19.5. The van der Waals surface area contributed by atoms with E-state index < -0.39 is 11.6 Å². The van der Waals surface area contributed by atoms with E-state index in [1.54, 1.807) is 38.5 Å². The van der Waals surface area contributed by atoms with Crippen LogP contribution >= 0.6 is 71.5 Å². The quantitative estimate of drug-likeness (QED) is 0.0810. The maximum atomic E-state index is 14.3. The molecule has 352 valence electrons. The molecule has 4 heterocycles. The van der Waals surface area contributed by atoms with Crippen LogP contribution in [0.4, 0.5) is 31.8 Å². The Morgan fingerprint density at radius 2 is 0.985 bits per heavy atom. The Hall–Kier alpha value is -4.44. The number of hydrogen-bond acceptors (Lipinski definition) is 16. The largest absolute Gasteiger partial charge is 0.506 e. The van der Waals surface area contributed by atoms with Gasteiger partial charge in [0.15, 0.2) is 23.0 Å². The zero-order chi connectivity index (χ0) is 43.6. The molecule has 0 bridgehead atoms. The lowest BCUT2D eigenvalue weighted by Gasteiger charge is -2.26. The lowest BCUT2D eigenvalue weighted by atomic mass is 10.2. The average Bonchev–Trinajstić information content (AvgIpc) is 3.28. The number of fused-ring (bicyclic) bond motifs is 2. The number of aromatic hydroxyl groups is 2. The minimum Gasteiger partial charge on any atom is -0.506 e. The van der Waals surface area contributed by atoms with Gasteiger partial charge in [-0.3, -0.25) is 9.80 Å². The number of nitrogens with zero attached hydrogens (tertiary/aromatic N) is 6. The third kappa shape index (κ3) is 13.8. The Kier molecular flexibility index (Phi) is 20.8. The number of thioether (sulfide) groups is 2. The summed E-state index contributed by atoms with van der Waals surface area (Å²) in [4.78, 5) is 21.8. The van der Waals surface area contributed by atoms with Crippen LogP contribution < -0.4 is 29.6 Å². The molecule has 0 amide bonds. The normalized spacial score (nSPS) is 13.9. The highest BCUT2D eigenvalue weighted by Gasteiger charge is 2.18. The van der Waals surface area contributed by atoms with Crippen molar-refractivity contribution in [2.75, 3.05) is 100 Å². The molecule has 4 aromatic carbocycles. The molecule has 65 heavy (non-hydrogen) atoms. The number of ether oxygens (including phenoxy) is 4. The molecule has 6 aromatic rings. The van der Waals surface area contributed by atoms with Gasteiger partial charge in [-0.25, -0.2) is 28.7 Å². The van der Waals surface area contributed by atoms with E-state index in [2.05, 4.69) is 40.4 Å². The summed E-state index contributed by atoms with van der Waals surface area (Å²) in [5.41, 5.74) is 1.31. The first-order valence-corrected chi connectivity index (χ1v) is 22.6. The lowest BCUT2D eigenvalue weighted by Crippen LogP contribution is -2.35. The van der Waals surface area contributed by atoms with Gasteiger partial charge in [-0.1, -0.05) is 23.2 Å². The van der Waals surface area contributed by atoms with Gasteiger partial charge in [-0.05, 0) is 24.3 Å². The van der Waals surface area contributed by atoms with E-state index >= 15 is 0 Å². The highest BCUT2D eigenvalue weighted by atomic mass is 35.5. The number of aromatic nitrogens is 4. The summed E-state index contributed by atoms with van der Waals surface area (Å²) in [6, 6.07) is 11.5. The second-order valence-corrected chi connectivity index (χ2v) is 17.2. The molecule has 15 nitrogen and oxygen atoms in total. The topological polar surface area (TPSA) is 191 Å². The number of benzene rings is 4. The molecular weight excluding hydrogens is 972 g/mol. The predicted molar refractivity (Wildman–Crippen MR) is 262 cm³/mol. The van der Waals surface area contributed by atoms with Gasteiger partial charge in [0.1, 0.15) is 60.6 Å². The van der Waals surface area contributed by atoms with Crippen LogP contribution in [-0.2, 0) is 0 Å². The number of methoxy groups -OCH3 is 2. The summed E-state index contributed by atoms with van der Waals surface area (Å²) in [5.74, 6) is 5.86. The van der Waals surface area contributed by atoms with Crippen molar-refractivity contribution in [3.8, 4) is 34.5 Å². The first-order chi connectivity index (χ1) is 30.1. The van der Waals surface area contributed by atoms with Crippen molar-refractivity contribution in [1.29, 1.82) is 0 Å². The fourth-order valence-electron chi connectivity index (χ4n) is 6.61. The number of hydrogen-bond donors (Lipinski definition) is 4. The van der Waals surface area contributed by atoms with E-state index in [0.29, 0.717) is 69.7 Å². The standard InChI is InChI=1S/2C21H22ClFN4O3S.2ClH.H2O/c2*1-29-19-8-13-16(11-20(19)30-5-2-27-3-6-31-7-4-27)24-12-25-21(13)26-17-10-18(28)14(22)9-15(17)23;;;/h2*8-12,28H,2-7H2,1H3,(H,24,25,26);2*1H;1H2. The minimum absolute atomic E-state index is 0. The Labute approximate surface area is 405 Å². The van der Waals surface area contributed by atoms with Crippen molar-refractivity contribution >= 4 is 116 Å². The number of anilines is 4. The second-order valence-electron chi connectivity index (χ2n) is 13.9. The van der Waals surface area contributed by atoms with Gasteiger partial charge in [0.2, 0.25) is 0 Å². The van der Waals surface area contributed by atoms with Gasteiger partial charge in [0.25, 0.3) is 0 Å². The van der Waals surface area contributed by atoms with E-state index in [1.807, 2.05) is 23.5 Å². The molecule has 2 aromatic heterocycles. The highest BCUT2D eigenvalue weighted by Crippen LogP contribution is 2.38. The molecule has 2 aliphatic rings. The van der Waals surface area contributed by atoms with Crippen molar-refractivity contribution in [3.05, 3.63) is 82.9 Å². The summed E-state index contributed by atoms with van der Waals surface area (Å²) in [5, 5.41) is 26.5. The molecule has 2 fully saturated rings. The zero-order valence-electron chi connectivity index (χ0n) is 35.1.